The van der Waals surface area contributed by atoms with Gasteiger partial charge in [-0.05, 0) is 82.2 Å². The number of fused-ring (bicyclic) bond motifs is 1. The molecular formula is C31H29N3O5S. The lowest BCUT2D eigenvalue weighted by Crippen LogP contribution is -2.39. The van der Waals surface area contributed by atoms with Crippen LogP contribution in [0.3, 0.4) is 0 Å². The molecule has 8 nitrogen and oxygen atoms in total. The Morgan fingerprint density at radius 1 is 1.05 bits per heavy atom. The van der Waals surface area contributed by atoms with E-state index in [0.29, 0.717) is 20.6 Å². The van der Waals surface area contributed by atoms with Crippen LogP contribution in [0.25, 0.3) is 11.8 Å². The number of hydrogen-bond acceptors (Lipinski definition) is 6. The van der Waals surface area contributed by atoms with Crippen molar-refractivity contribution in [1.82, 2.24) is 9.13 Å². The van der Waals surface area contributed by atoms with E-state index in [1.807, 2.05) is 61.7 Å². The van der Waals surface area contributed by atoms with Crippen LogP contribution in [-0.4, -0.2) is 32.8 Å². The van der Waals surface area contributed by atoms with Gasteiger partial charge in [-0.2, -0.15) is 0 Å². The van der Waals surface area contributed by atoms with Gasteiger partial charge in [0.05, 0.1) is 34.0 Å². The molecule has 4 aromatic rings. The van der Waals surface area contributed by atoms with Crippen molar-refractivity contribution in [1.29, 1.82) is 0 Å². The SMILES string of the molecule is CCOC(=O)C1=C(C)N=c2s/c(=C/c3cc(C)n(-c4ccc(C(=O)O)cc4)c3C)c(=O)n2[C@@H]1c1ccc(C)cc1. The van der Waals surface area contributed by atoms with Gasteiger partial charge in [-0.3, -0.25) is 9.36 Å². The largest absolute Gasteiger partial charge is 0.478 e. The number of benzene rings is 2. The fraction of sp³-hybridized carbons (Fsp3) is 0.226. The van der Waals surface area contributed by atoms with Crippen LogP contribution in [0.1, 0.15) is 58.3 Å². The van der Waals surface area contributed by atoms with Crippen LogP contribution in [0.5, 0.6) is 0 Å². The van der Waals surface area contributed by atoms with E-state index in [0.717, 1.165) is 33.8 Å². The summed E-state index contributed by atoms with van der Waals surface area (Å²) in [6.07, 6.45) is 1.85. The number of esters is 1. The molecule has 1 aliphatic rings. The average Bonchev–Trinajstić information content (AvgIpc) is 3.37. The van der Waals surface area contributed by atoms with Crippen molar-refractivity contribution >= 4 is 29.4 Å². The highest BCUT2D eigenvalue weighted by Crippen LogP contribution is 2.31. The summed E-state index contributed by atoms with van der Waals surface area (Å²) in [5, 5.41) is 9.23. The van der Waals surface area contributed by atoms with Gasteiger partial charge < -0.3 is 14.4 Å². The molecule has 0 aliphatic carbocycles. The highest BCUT2D eigenvalue weighted by atomic mass is 32.1. The maximum Gasteiger partial charge on any atom is 0.338 e. The van der Waals surface area contributed by atoms with Gasteiger partial charge in [0.25, 0.3) is 5.56 Å². The third-order valence-corrected chi connectivity index (χ3v) is 8.02. The van der Waals surface area contributed by atoms with Gasteiger partial charge in [0.15, 0.2) is 4.80 Å². The third-order valence-electron chi connectivity index (χ3n) is 7.04. The van der Waals surface area contributed by atoms with Crippen molar-refractivity contribution in [2.45, 2.75) is 40.7 Å². The highest BCUT2D eigenvalue weighted by Gasteiger charge is 2.33. The van der Waals surface area contributed by atoms with E-state index in [1.54, 1.807) is 42.7 Å². The van der Waals surface area contributed by atoms with Crippen molar-refractivity contribution in [3.8, 4) is 5.69 Å². The molecule has 0 bridgehead atoms. The summed E-state index contributed by atoms with van der Waals surface area (Å²) in [5.74, 6) is -1.46. The number of carboxylic acid groups (broad SMARTS) is 1. The fourth-order valence-electron chi connectivity index (χ4n) is 5.08. The quantitative estimate of drug-likeness (QED) is 0.359. The zero-order chi connectivity index (χ0) is 28.7. The van der Waals surface area contributed by atoms with E-state index in [-0.39, 0.29) is 17.7 Å². The summed E-state index contributed by atoms with van der Waals surface area (Å²) in [4.78, 5) is 43.4. The minimum Gasteiger partial charge on any atom is -0.478 e. The van der Waals surface area contributed by atoms with Crippen LogP contribution < -0.4 is 14.9 Å². The number of carbonyl (C=O) groups is 2. The molecule has 0 spiro atoms. The summed E-state index contributed by atoms with van der Waals surface area (Å²) in [7, 11) is 0. The molecule has 5 rings (SSSR count). The lowest BCUT2D eigenvalue weighted by Gasteiger charge is -2.24. The minimum absolute atomic E-state index is 0.216. The summed E-state index contributed by atoms with van der Waals surface area (Å²) in [6.45, 7) is 9.64. The molecule has 0 amide bonds. The molecule has 2 aromatic carbocycles. The molecule has 2 aromatic heterocycles. The Morgan fingerprint density at radius 3 is 2.35 bits per heavy atom. The number of hydrogen-bond donors (Lipinski definition) is 1. The molecule has 1 aliphatic heterocycles. The van der Waals surface area contributed by atoms with Gasteiger partial charge in [-0.1, -0.05) is 41.2 Å². The van der Waals surface area contributed by atoms with E-state index in [2.05, 4.69) is 4.99 Å². The summed E-state index contributed by atoms with van der Waals surface area (Å²) in [6, 6.07) is 15.8. The van der Waals surface area contributed by atoms with Crippen LogP contribution in [0.4, 0.5) is 0 Å². The second kappa shape index (κ2) is 10.6. The monoisotopic (exact) mass is 555 g/mol. The van der Waals surface area contributed by atoms with Gasteiger partial charge in [0, 0.05) is 17.1 Å². The Morgan fingerprint density at radius 2 is 1.73 bits per heavy atom. The van der Waals surface area contributed by atoms with E-state index < -0.39 is 18.0 Å². The molecular weight excluding hydrogens is 526 g/mol. The first-order valence-corrected chi connectivity index (χ1v) is 13.7. The second-order valence-corrected chi connectivity index (χ2v) is 10.7. The molecule has 9 heteroatoms. The zero-order valence-electron chi connectivity index (χ0n) is 22.9. The second-order valence-electron chi connectivity index (χ2n) is 9.73. The van der Waals surface area contributed by atoms with E-state index >= 15 is 0 Å². The summed E-state index contributed by atoms with van der Waals surface area (Å²) < 4.78 is 9.47. The molecule has 1 N–H and O–H groups in total. The number of aryl methyl sites for hydroxylation is 2. The molecule has 1 atom stereocenters. The Kier molecular flexibility index (Phi) is 7.16. The maximum atomic E-state index is 13.9. The van der Waals surface area contributed by atoms with Crippen LogP contribution in [-0.2, 0) is 9.53 Å². The number of carbonyl (C=O) groups excluding carboxylic acids is 1. The van der Waals surface area contributed by atoms with Gasteiger partial charge >= 0.3 is 11.9 Å². The highest BCUT2D eigenvalue weighted by molar-refractivity contribution is 7.07. The Labute approximate surface area is 234 Å². The first-order chi connectivity index (χ1) is 19.1. The van der Waals surface area contributed by atoms with E-state index in [4.69, 9.17) is 4.74 Å². The number of aromatic nitrogens is 2. The van der Waals surface area contributed by atoms with E-state index in [1.165, 1.54) is 11.3 Å². The standard InChI is InChI=1S/C31H29N3O5S/c1-6-39-30(38)26-19(4)32-31-34(27(26)21-9-7-17(2)8-10-21)28(35)25(40-31)16-23-15-18(3)33(20(23)5)24-13-11-22(12-14-24)29(36)37/h7-16,27H,6H2,1-5H3,(H,36,37)/b25-16+/t27-/m1/s1. The molecule has 0 fully saturated rings. The van der Waals surface area contributed by atoms with Gasteiger partial charge in [-0.25, -0.2) is 14.6 Å². The first-order valence-electron chi connectivity index (χ1n) is 12.9. The molecule has 0 unspecified atom stereocenters. The predicted octanol–water partition coefficient (Wildman–Crippen LogP) is 4.21. The third kappa shape index (κ3) is 4.73. The summed E-state index contributed by atoms with van der Waals surface area (Å²) >= 11 is 1.28. The molecule has 0 saturated carbocycles. The molecule has 0 saturated heterocycles. The predicted molar refractivity (Wildman–Crippen MR) is 154 cm³/mol. The van der Waals surface area contributed by atoms with Crippen molar-refractivity contribution in [2.75, 3.05) is 6.61 Å². The van der Waals surface area contributed by atoms with Crippen molar-refractivity contribution in [3.05, 3.63) is 119 Å². The number of rotatable bonds is 6. The lowest BCUT2D eigenvalue weighted by molar-refractivity contribution is -0.139. The van der Waals surface area contributed by atoms with Gasteiger partial charge in [-0.15, -0.1) is 0 Å². The van der Waals surface area contributed by atoms with Crippen LogP contribution >= 0.6 is 11.3 Å². The topological polar surface area (TPSA) is 103 Å². The van der Waals surface area contributed by atoms with Gasteiger partial charge in [0.1, 0.15) is 0 Å². The Balaban J connectivity index is 1.66. The number of thiazole rings is 1. The summed E-state index contributed by atoms with van der Waals surface area (Å²) in [5.41, 5.74) is 6.27. The molecule has 3 heterocycles. The van der Waals surface area contributed by atoms with Crippen molar-refractivity contribution in [3.63, 3.8) is 0 Å². The number of carboxylic acids is 1. The number of aromatic carboxylic acids is 1. The maximum absolute atomic E-state index is 13.9. The Bertz CT molecular complexity index is 1860. The van der Waals surface area contributed by atoms with E-state index in [9.17, 15) is 19.5 Å². The van der Waals surface area contributed by atoms with Crippen molar-refractivity contribution < 1.29 is 19.4 Å². The smallest absolute Gasteiger partial charge is 0.338 e. The Hall–Kier alpha value is -4.50. The number of ether oxygens (including phenoxy) is 1. The number of nitrogens with zero attached hydrogens (tertiary/aromatic N) is 3. The van der Waals surface area contributed by atoms with Crippen molar-refractivity contribution in [2.24, 2.45) is 4.99 Å². The van der Waals surface area contributed by atoms with Crippen LogP contribution in [0.15, 0.2) is 75.7 Å². The molecule has 40 heavy (non-hydrogen) atoms. The average molecular weight is 556 g/mol. The van der Waals surface area contributed by atoms with Crippen LogP contribution in [0.2, 0.25) is 0 Å². The number of allylic oxidation sites excluding steroid dienone is 1. The molecule has 0 radical (unpaired) electrons. The first kappa shape index (κ1) is 27.1. The fourth-order valence-corrected chi connectivity index (χ4v) is 6.12. The zero-order valence-corrected chi connectivity index (χ0v) is 23.7. The lowest BCUT2D eigenvalue weighted by atomic mass is 9.95. The normalized spacial score (nSPS) is 15.1. The van der Waals surface area contributed by atoms with Gasteiger partial charge in [0.2, 0.25) is 0 Å². The minimum atomic E-state index is -0.978. The van der Waals surface area contributed by atoms with Crippen LogP contribution in [0, 0.1) is 20.8 Å². The molecule has 204 valence electrons.